The first-order valence-electron chi connectivity index (χ1n) is 8.65. The summed E-state index contributed by atoms with van der Waals surface area (Å²) >= 11 is 0. The molecule has 23 heavy (non-hydrogen) atoms. The first-order chi connectivity index (χ1) is 11.2. The summed E-state index contributed by atoms with van der Waals surface area (Å²) in [7, 11) is 4.45. The minimum absolute atomic E-state index is 0.687. The zero-order valence-corrected chi connectivity index (χ0v) is 14.1. The molecule has 2 aromatic rings. The maximum Gasteiger partial charge on any atom is 0.0728 e. The molecule has 1 saturated heterocycles. The SMILES string of the molecule is CN1CCC(c2cc3c(N4C=CCNC4)cccc3n2C)CC1. The van der Waals surface area contributed by atoms with Gasteiger partial charge in [0.1, 0.15) is 0 Å². The van der Waals surface area contributed by atoms with Crippen LogP contribution in [0.5, 0.6) is 0 Å². The van der Waals surface area contributed by atoms with E-state index in [4.69, 9.17) is 0 Å². The first kappa shape index (κ1) is 14.8. The lowest BCUT2D eigenvalue weighted by Gasteiger charge is -2.29. The summed E-state index contributed by atoms with van der Waals surface area (Å²) in [4.78, 5) is 4.75. The molecular formula is C19H26N4. The molecule has 122 valence electrons. The summed E-state index contributed by atoms with van der Waals surface area (Å²) in [6.07, 6.45) is 6.92. The third-order valence-corrected chi connectivity index (χ3v) is 5.38. The van der Waals surface area contributed by atoms with Gasteiger partial charge in [0.15, 0.2) is 0 Å². The van der Waals surface area contributed by atoms with E-state index in [0.717, 1.165) is 13.2 Å². The Bertz CT molecular complexity index is 722. The second-order valence-corrected chi connectivity index (χ2v) is 6.88. The van der Waals surface area contributed by atoms with E-state index in [2.05, 4.69) is 70.3 Å². The van der Waals surface area contributed by atoms with Crippen molar-refractivity contribution in [3.05, 3.63) is 42.2 Å². The Kier molecular flexibility index (Phi) is 3.87. The molecule has 4 heteroatoms. The predicted molar refractivity (Wildman–Crippen MR) is 96.9 cm³/mol. The molecule has 4 nitrogen and oxygen atoms in total. The summed E-state index contributed by atoms with van der Waals surface area (Å²) in [5.41, 5.74) is 4.14. The molecule has 0 atom stereocenters. The molecule has 0 bridgehead atoms. The molecule has 1 aromatic carbocycles. The Morgan fingerprint density at radius 3 is 2.70 bits per heavy atom. The molecule has 0 saturated carbocycles. The van der Waals surface area contributed by atoms with Crippen molar-refractivity contribution in [2.45, 2.75) is 18.8 Å². The van der Waals surface area contributed by atoms with E-state index in [-0.39, 0.29) is 0 Å². The monoisotopic (exact) mass is 310 g/mol. The second kappa shape index (κ2) is 6.02. The Balaban J connectivity index is 1.75. The molecule has 0 spiro atoms. The number of hydrogen-bond donors (Lipinski definition) is 1. The molecule has 0 aliphatic carbocycles. The van der Waals surface area contributed by atoms with Crippen LogP contribution in [0.2, 0.25) is 0 Å². The summed E-state index contributed by atoms with van der Waals surface area (Å²) < 4.78 is 2.41. The van der Waals surface area contributed by atoms with Crippen molar-refractivity contribution in [3.63, 3.8) is 0 Å². The van der Waals surface area contributed by atoms with Crippen molar-refractivity contribution < 1.29 is 0 Å². The van der Waals surface area contributed by atoms with Gasteiger partial charge in [-0.15, -0.1) is 0 Å². The molecule has 0 radical (unpaired) electrons. The van der Waals surface area contributed by atoms with E-state index in [9.17, 15) is 0 Å². The van der Waals surface area contributed by atoms with E-state index >= 15 is 0 Å². The first-order valence-corrected chi connectivity index (χ1v) is 8.65. The minimum Gasteiger partial charge on any atom is -0.347 e. The van der Waals surface area contributed by atoms with Crippen LogP contribution >= 0.6 is 0 Å². The van der Waals surface area contributed by atoms with Gasteiger partial charge in [-0.2, -0.15) is 0 Å². The topological polar surface area (TPSA) is 23.4 Å². The standard InChI is InChI=1S/C19H26N4/c1-21-11-7-15(8-12-21)19-13-16-17(22(19)2)5-3-6-18(16)23-10-4-9-20-14-23/h3-6,10,13,15,20H,7-9,11-12,14H2,1-2H3. The number of fused-ring (bicyclic) bond motifs is 1. The number of nitrogens with one attached hydrogen (secondary N) is 1. The molecule has 0 amide bonds. The van der Waals surface area contributed by atoms with Gasteiger partial charge in [0.05, 0.1) is 17.9 Å². The Morgan fingerprint density at radius 1 is 1.13 bits per heavy atom. The minimum atomic E-state index is 0.687. The Morgan fingerprint density at radius 2 is 1.96 bits per heavy atom. The number of likely N-dealkylation sites (tertiary alicyclic amines) is 1. The lowest BCUT2D eigenvalue weighted by atomic mass is 9.93. The summed E-state index contributed by atoms with van der Waals surface area (Å²) in [5.74, 6) is 0.687. The Hall–Kier alpha value is -1.78. The van der Waals surface area contributed by atoms with Gasteiger partial charge < -0.3 is 14.4 Å². The van der Waals surface area contributed by atoms with Crippen LogP contribution in [-0.4, -0.2) is 42.8 Å². The third-order valence-electron chi connectivity index (χ3n) is 5.38. The van der Waals surface area contributed by atoms with E-state index in [1.54, 1.807) is 0 Å². The predicted octanol–water partition coefficient (Wildman–Crippen LogP) is 2.87. The molecule has 3 heterocycles. The molecule has 2 aliphatic rings. The summed E-state index contributed by atoms with van der Waals surface area (Å²) in [6, 6.07) is 9.10. The number of benzene rings is 1. The molecule has 1 aromatic heterocycles. The Labute approximate surface area is 138 Å². The fourth-order valence-electron chi connectivity index (χ4n) is 3.98. The lowest BCUT2D eigenvalue weighted by Crippen LogP contribution is -2.34. The number of aromatic nitrogens is 1. The van der Waals surface area contributed by atoms with Gasteiger partial charge in [-0.25, -0.2) is 0 Å². The van der Waals surface area contributed by atoms with E-state index in [0.29, 0.717) is 5.92 Å². The largest absolute Gasteiger partial charge is 0.347 e. The normalized spacial score (nSPS) is 20.5. The maximum atomic E-state index is 3.41. The van der Waals surface area contributed by atoms with Crippen LogP contribution in [0.1, 0.15) is 24.5 Å². The van der Waals surface area contributed by atoms with Gasteiger partial charge in [0.2, 0.25) is 0 Å². The van der Waals surface area contributed by atoms with Crippen molar-refractivity contribution in [3.8, 4) is 0 Å². The van der Waals surface area contributed by atoms with Crippen LogP contribution in [0.4, 0.5) is 5.69 Å². The van der Waals surface area contributed by atoms with Crippen molar-refractivity contribution >= 4 is 16.6 Å². The lowest BCUT2D eigenvalue weighted by molar-refractivity contribution is 0.252. The van der Waals surface area contributed by atoms with Gasteiger partial charge in [-0.1, -0.05) is 12.1 Å². The quantitative estimate of drug-likeness (QED) is 0.922. The average Bonchev–Trinajstić information content (AvgIpc) is 2.93. The van der Waals surface area contributed by atoms with Gasteiger partial charge in [-0.05, 0) is 51.2 Å². The number of piperidine rings is 1. The smallest absolute Gasteiger partial charge is 0.0728 e. The van der Waals surface area contributed by atoms with Crippen LogP contribution in [0.3, 0.4) is 0 Å². The summed E-state index contributed by atoms with van der Waals surface area (Å²) in [6.45, 7) is 4.26. The summed E-state index contributed by atoms with van der Waals surface area (Å²) in [5, 5.41) is 4.79. The van der Waals surface area contributed by atoms with Crippen LogP contribution in [0.25, 0.3) is 10.9 Å². The molecule has 4 rings (SSSR count). The maximum absolute atomic E-state index is 3.41. The average molecular weight is 310 g/mol. The van der Waals surface area contributed by atoms with Gasteiger partial charge >= 0.3 is 0 Å². The van der Waals surface area contributed by atoms with E-state index in [1.807, 2.05) is 0 Å². The molecule has 1 N–H and O–H groups in total. The number of rotatable bonds is 2. The van der Waals surface area contributed by atoms with Crippen molar-refractivity contribution in [1.82, 2.24) is 14.8 Å². The second-order valence-electron chi connectivity index (χ2n) is 6.88. The van der Waals surface area contributed by atoms with Gasteiger partial charge in [-0.3, -0.25) is 5.32 Å². The zero-order chi connectivity index (χ0) is 15.8. The fourth-order valence-corrected chi connectivity index (χ4v) is 3.98. The van der Waals surface area contributed by atoms with Crippen molar-refractivity contribution in [1.29, 1.82) is 0 Å². The van der Waals surface area contributed by atoms with Crippen molar-refractivity contribution in [2.24, 2.45) is 7.05 Å². The van der Waals surface area contributed by atoms with E-state index < -0.39 is 0 Å². The van der Waals surface area contributed by atoms with Crippen LogP contribution < -0.4 is 10.2 Å². The number of anilines is 1. The van der Waals surface area contributed by atoms with Crippen LogP contribution in [-0.2, 0) is 7.05 Å². The van der Waals surface area contributed by atoms with Crippen LogP contribution in [0, 0.1) is 0 Å². The van der Waals surface area contributed by atoms with E-state index in [1.165, 1.54) is 48.2 Å². The third kappa shape index (κ3) is 2.66. The molecule has 2 aliphatic heterocycles. The van der Waals surface area contributed by atoms with Gasteiger partial charge in [0, 0.05) is 36.8 Å². The molecule has 0 unspecified atom stereocenters. The highest BCUT2D eigenvalue weighted by atomic mass is 15.2. The number of nitrogens with zero attached hydrogens (tertiary/aromatic N) is 3. The molecule has 1 fully saturated rings. The zero-order valence-electron chi connectivity index (χ0n) is 14.1. The highest BCUT2D eigenvalue weighted by Gasteiger charge is 2.23. The fraction of sp³-hybridized carbons (Fsp3) is 0.474. The van der Waals surface area contributed by atoms with Crippen molar-refractivity contribution in [2.75, 3.05) is 38.3 Å². The molecular weight excluding hydrogens is 284 g/mol. The number of aryl methyl sites for hydroxylation is 1. The van der Waals surface area contributed by atoms with Crippen LogP contribution in [0.15, 0.2) is 36.5 Å². The highest BCUT2D eigenvalue weighted by Crippen LogP contribution is 2.35. The highest BCUT2D eigenvalue weighted by molar-refractivity contribution is 5.94. The van der Waals surface area contributed by atoms with Gasteiger partial charge in [0.25, 0.3) is 0 Å². The number of hydrogen-bond acceptors (Lipinski definition) is 3.